The predicted octanol–water partition coefficient (Wildman–Crippen LogP) is 2.42. The Labute approximate surface area is 143 Å². The maximum atomic E-state index is 13.0. The first-order valence-electron chi connectivity index (χ1n) is 6.74. The van der Waals surface area contributed by atoms with Crippen molar-refractivity contribution >= 4 is 38.8 Å². The molecule has 1 atom stereocenters. The maximum absolute atomic E-state index is 13.0. The first-order chi connectivity index (χ1) is 11.5. The molecule has 1 aromatic carbocycles. The number of carboxylic acids is 1. The van der Waals surface area contributed by atoms with Crippen molar-refractivity contribution in [2.24, 2.45) is 0 Å². The fraction of sp³-hybridized carbons (Fsp3) is 0.0667. The van der Waals surface area contributed by atoms with E-state index >= 15 is 0 Å². The lowest BCUT2D eigenvalue weighted by Gasteiger charge is -2.15. The fourth-order valence-corrected chi connectivity index (χ4v) is 2.73. The van der Waals surface area contributed by atoms with Gasteiger partial charge in [-0.15, -0.1) is 0 Å². The normalized spacial score (nSPS) is 12.1. The average Bonchev–Trinajstić information content (AvgIpc) is 2.95. The Bertz CT molecular complexity index is 926. The molecule has 2 heterocycles. The van der Waals surface area contributed by atoms with Crippen LogP contribution in [0.1, 0.15) is 22.1 Å². The quantitative estimate of drug-likeness (QED) is 0.631. The number of H-pyrrole nitrogens is 1. The lowest BCUT2D eigenvalue weighted by Crippen LogP contribution is -2.34. The van der Waals surface area contributed by atoms with Crippen molar-refractivity contribution < 1.29 is 19.1 Å². The highest BCUT2D eigenvalue weighted by Gasteiger charge is 2.25. The Balaban J connectivity index is 1.95. The molecule has 122 valence electrons. The number of aromatic nitrogens is 3. The van der Waals surface area contributed by atoms with Crippen LogP contribution >= 0.6 is 15.9 Å². The molecule has 0 bridgehead atoms. The Kier molecular flexibility index (Phi) is 4.26. The number of rotatable bonds is 4. The van der Waals surface area contributed by atoms with Crippen LogP contribution in [0.2, 0.25) is 0 Å². The van der Waals surface area contributed by atoms with Crippen molar-refractivity contribution in [2.75, 3.05) is 0 Å². The smallest absolute Gasteiger partial charge is 0.330 e. The van der Waals surface area contributed by atoms with Crippen LogP contribution in [0.4, 0.5) is 4.39 Å². The minimum Gasteiger partial charge on any atom is -0.479 e. The number of carbonyl (C=O) groups is 2. The van der Waals surface area contributed by atoms with E-state index in [1.165, 1.54) is 18.5 Å². The zero-order chi connectivity index (χ0) is 17.3. The van der Waals surface area contributed by atoms with Crippen molar-refractivity contribution in [3.63, 3.8) is 0 Å². The molecular weight excluding hydrogens is 383 g/mol. The summed E-state index contributed by atoms with van der Waals surface area (Å²) in [5, 5.41) is 12.2. The summed E-state index contributed by atoms with van der Waals surface area (Å²) in [6.45, 7) is 0. The van der Waals surface area contributed by atoms with Gasteiger partial charge in [-0.05, 0) is 33.6 Å². The molecule has 3 N–H and O–H groups in total. The largest absolute Gasteiger partial charge is 0.479 e. The van der Waals surface area contributed by atoms with Crippen molar-refractivity contribution in [1.82, 2.24) is 20.3 Å². The predicted molar refractivity (Wildman–Crippen MR) is 85.8 cm³/mol. The highest BCUT2D eigenvalue weighted by atomic mass is 79.9. The van der Waals surface area contributed by atoms with Crippen LogP contribution < -0.4 is 5.32 Å². The molecule has 1 amide bonds. The van der Waals surface area contributed by atoms with E-state index in [9.17, 15) is 19.1 Å². The van der Waals surface area contributed by atoms with E-state index in [1.54, 1.807) is 6.20 Å². The summed E-state index contributed by atoms with van der Waals surface area (Å²) in [5.74, 6) is -2.45. The Morgan fingerprint density at radius 1 is 1.25 bits per heavy atom. The van der Waals surface area contributed by atoms with Gasteiger partial charge in [0.15, 0.2) is 6.04 Å². The second-order valence-electron chi connectivity index (χ2n) is 4.88. The number of carboxylic acid groups (broad SMARTS) is 1. The van der Waals surface area contributed by atoms with Gasteiger partial charge in [-0.2, -0.15) is 0 Å². The summed E-state index contributed by atoms with van der Waals surface area (Å²) < 4.78 is 13.6. The van der Waals surface area contributed by atoms with Gasteiger partial charge in [0.05, 0.1) is 5.39 Å². The molecule has 0 aliphatic heterocycles. The lowest BCUT2D eigenvalue weighted by atomic mass is 10.1. The van der Waals surface area contributed by atoms with E-state index < -0.39 is 23.7 Å². The molecule has 1 unspecified atom stereocenters. The summed E-state index contributed by atoms with van der Waals surface area (Å²) >= 11 is 3.28. The van der Waals surface area contributed by atoms with Gasteiger partial charge in [0.2, 0.25) is 0 Å². The summed E-state index contributed by atoms with van der Waals surface area (Å²) in [6.07, 6.45) is 2.80. The maximum Gasteiger partial charge on any atom is 0.330 e. The van der Waals surface area contributed by atoms with Crippen LogP contribution in [-0.4, -0.2) is 31.9 Å². The number of aromatic amines is 1. The summed E-state index contributed by atoms with van der Waals surface area (Å²) in [6, 6.07) is 3.53. The molecule has 0 aliphatic carbocycles. The lowest BCUT2D eigenvalue weighted by molar-refractivity contribution is -0.139. The van der Waals surface area contributed by atoms with E-state index in [-0.39, 0.29) is 11.3 Å². The molecule has 0 radical (unpaired) electrons. The van der Waals surface area contributed by atoms with Gasteiger partial charge in [0, 0.05) is 10.7 Å². The third-order valence-corrected chi connectivity index (χ3v) is 3.99. The number of aliphatic carboxylic acids is 1. The first kappa shape index (κ1) is 16.1. The molecule has 7 nitrogen and oxygen atoms in total. The number of nitrogens with zero attached hydrogens (tertiary/aromatic N) is 2. The molecule has 2 aromatic heterocycles. The van der Waals surface area contributed by atoms with Gasteiger partial charge in [0.25, 0.3) is 5.91 Å². The monoisotopic (exact) mass is 392 g/mol. The third-order valence-electron chi connectivity index (χ3n) is 3.36. The highest BCUT2D eigenvalue weighted by Crippen LogP contribution is 2.25. The molecule has 9 heteroatoms. The number of fused-ring (bicyclic) bond motifs is 1. The standard InChI is InChI=1S/C15H10BrFN4O3/c16-9-5-18-13-10(9)12(19-6-20-13)14(22)21-11(15(23)24)7-1-3-8(17)4-2-7/h1-6,11H,(H,21,22)(H,23,24)(H,18,19,20). The first-order valence-corrected chi connectivity index (χ1v) is 7.53. The van der Waals surface area contributed by atoms with Crippen LogP contribution in [0.3, 0.4) is 0 Å². The molecular formula is C15H10BrFN4O3. The Morgan fingerprint density at radius 2 is 1.96 bits per heavy atom. The van der Waals surface area contributed by atoms with Crippen LogP contribution in [0.15, 0.2) is 41.3 Å². The highest BCUT2D eigenvalue weighted by molar-refractivity contribution is 9.10. The molecule has 0 fully saturated rings. The summed E-state index contributed by atoms with van der Waals surface area (Å²) in [5.41, 5.74) is 0.716. The molecule has 0 saturated heterocycles. The van der Waals surface area contributed by atoms with Gasteiger partial charge in [-0.3, -0.25) is 4.79 Å². The van der Waals surface area contributed by atoms with E-state index in [1.807, 2.05) is 0 Å². The molecule has 0 saturated carbocycles. The zero-order valence-corrected chi connectivity index (χ0v) is 13.5. The van der Waals surface area contributed by atoms with Gasteiger partial charge in [-0.1, -0.05) is 12.1 Å². The zero-order valence-electron chi connectivity index (χ0n) is 12.0. The third kappa shape index (κ3) is 2.98. The molecule has 0 aliphatic rings. The Hall–Kier alpha value is -2.81. The van der Waals surface area contributed by atoms with Crippen LogP contribution in [0, 0.1) is 5.82 Å². The molecule has 3 rings (SSSR count). The van der Waals surface area contributed by atoms with Crippen molar-refractivity contribution in [2.45, 2.75) is 6.04 Å². The van der Waals surface area contributed by atoms with E-state index in [0.29, 0.717) is 15.5 Å². The van der Waals surface area contributed by atoms with Crippen LogP contribution in [0.25, 0.3) is 11.0 Å². The van der Waals surface area contributed by atoms with Crippen molar-refractivity contribution in [1.29, 1.82) is 0 Å². The van der Waals surface area contributed by atoms with Gasteiger partial charge in [0.1, 0.15) is 23.5 Å². The average molecular weight is 393 g/mol. The fourth-order valence-electron chi connectivity index (χ4n) is 2.24. The summed E-state index contributed by atoms with van der Waals surface area (Å²) in [7, 11) is 0. The number of nitrogens with one attached hydrogen (secondary N) is 2. The number of carbonyl (C=O) groups excluding carboxylic acids is 1. The van der Waals surface area contributed by atoms with Gasteiger partial charge < -0.3 is 15.4 Å². The van der Waals surface area contributed by atoms with Gasteiger partial charge in [-0.25, -0.2) is 19.2 Å². The number of amides is 1. The number of hydrogen-bond donors (Lipinski definition) is 3. The van der Waals surface area contributed by atoms with E-state index in [2.05, 4.69) is 36.2 Å². The second-order valence-corrected chi connectivity index (χ2v) is 5.73. The van der Waals surface area contributed by atoms with Crippen LogP contribution in [-0.2, 0) is 4.79 Å². The van der Waals surface area contributed by atoms with E-state index in [0.717, 1.165) is 12.1 Å². The SMILES string of the molecule is O=C(NC(C(=O)O)c1ccc(F)cc1)c1ncnc2[nH]cc(Br)c12. The molecule has 0 spiro atoms. The minimum atomic E-state index is -1.33. The minimum absolute atomic E-state index is 0.0292. The van der Waals surface area contributed by atoms with E-state index in [4.69, 9.17) is 0 Å². The Morgan fingerprint density at radius 3 is 2.62 bits per heavy atom. The summed E-state index contributed by atoms with van der Waals surface area (Å²) in [4.78, 5) is 34.8. The number of hydrogen-bond acceptors (Lipinski definition) is 4. The topological polar surface area (TPSA) is 108 Å². The van der Waals surface area contributed by atoms with Gasteiger partial charge >= 0.3 is 5.97 Å². The van der Waals surface area contributed by atoms with Crippen molar-refractivity contribution in [3.05, 3.63) is 58.3 Å². The second kappa shape index (κ2) is 6.36. The van der Waals surface area contributed by atoms with Crippen LogP contribution in [0.5, 0.6) is 0 Å². The number of halogens is 2. The molecule has 3 aromatic rings. The number of benzene rings is 1. The molecule has 24 heavy (non-hydrogen) atoms. The van der Waals surface area contributed by atoms with Crippen molar-refractivity contribution in [3.8, 4) is 0 Å².